The van der Waals surface area contributed by atoms with E-state index in [0.717, 1.165) is 28.4 Å². The highest BCUT2D eigenvalue weighted by atomic mass is 32.2. The van der Waals surface area contributed by atoms with Crippen molar-refractivity contribution in [2.45, 2.75) is 12.3 Å². The SMILES string of the molecule is Nc1ccc2oc(C3CCSC3)nc2c1. The summed E-state index contributed by atoms with van der Waals surface area (Å²) in [5.74, 6) is 3.71. The van der Waals surface area contributed by atoms with Crippen LogP contribution in [0.3, 0.4) is 0 Å². The van der Waals surface area contributed by atoms with Crippen LogP contribution in [0.2, 0.25) is 0 Å². The van der Waals surface area contributed by atoms with Crippen LogP contribution < -0.4 is 5.73 Å². The second-order valence-electron chi connectivity index (χ2n) is 3.84. The molecule has 1 aliphatic heterocycles. The van der Waals surface area contributed by atoms with Crippen LogP contribution in [0.25, 0.3) is 11.1 Å². The van der Waals surface area contributed by atoms with Crippen LogP contribution in [-0.2, 0) is 0 Å². The first kappa shape index (κ1) is 9.09. The number of rotatable bonds is 1. The van der Waals surface area contributed by atoms with Crippen molar-refractivity contribution in [1.82, 2.24) is 4.98 Å². The Kier molecular flexibility index (Phi) is 2.09. The minimum Gasteiger partial charge on any atom is -0.440 e. The third-order valence-corrected chi connectivity index (χ3v) is 3.87. The number of thioether (sulfide) groups is 1. The summed E-state index contributed by atoms with van der Waals surface area (Å²) >= 11 is 1.97. The molecule has 0 bridgehead atoms. The second kappa shape index (κ2) is 3.45. The number of benzene rings is 1. The molecule has 4 heteroatoms. The van der Waals surface area contributed by atoms with Crippen molar-refractivity contribution in [3.05, 3.63) is 24.1 Å². The molecule has 2 aromatic rings. The van der Waals surface area contributed by atoms with E-state index in [4.69, 9.17) is 10.2 Å². The average molecular weight is 220 g/mol. The number of hydrogen-bond acceptors (Lipinski definition) is 4. The molecule has 0 radical (unpaired) electrons. The summed E-state index contributed by atoms with van der Waals surface area (Å²) in [5, 5.41) is 0. The van der Waals surface area contributed by atoms with Gasteiger partial charge in [0.15, 0.2) is 11.5 Å². The number of anilines is 1. The van der Waals surface area contributed by atoms with Gasteiger partial charge in [-0.1, -0.05) is 0 Å². The van der Waals surface area contributed by atoms with Crippen LogP contribution in [0.1, 0.15) is 18.2 Å². The molecular weight excluding hydrogens is 208 g/mol. The maximum Gasteiger partial charge on any atom is 0.199 e. The summed E-state index contributed by atoms with van der Waals surface area (Å²) < 4.78 is 5.73. The fourth-order valence-corrected chi connectivity index (χ4v) is 3.08. The molecular formula is C11H12N2OS. The number of nitrogen functional groups attached to an aromatic ring is 1. The number of aromatic nitrogens is 1. The van der Waals surface area contributed by atoms with Crippen molar-refractivity contribution in [2.24, 2.45) is 0 Å². The van der Waals surface area contributed by atoms with E-state index in [1.165, 1.54) is 12.2 Å². The normalized spacial score (nSPS) is 21.2. The molecule has 1 saturated heterocycles. The molecule has 3 rings (SSSR count). The van der Waals surface area contributed by atoms with Gasteiger partial charge in [-0.25, -0.2) is 4.98 Å². The zero-order valence-electron chi connectivity index (χ0n) is 8.27. The summed E-state index contributed by atoms with van der Waals surface area (Å²) in [4.78, 5) is 4.50. The topological polar surface area (TPSA) is 52.0 Å². The van der Waals surface area contributed by atoms with Crippen LogP contribution in [0.15, 0.2) is 22.6 Å². The first-order chi connectivity index (χ1) is 7.33. The summed E-state index contributed by atoms with van der Waals surface area (Å²) in [5.41, 5.74) is 8.16. The van der Waals surface area contributed by atoms with Crippen molar-refractivity contribution in [1.29, 1.82) is 0 Å². The fourth-order valence-electron chi connectivity index (χ4n) is 1.87. The first-order valence-corrected chi connectivity index (χ1v) is 6.22. The van der Waals surface area contributed by atoms with Gasteiger partial charge in [0.05, 0.1) is 0 Å². The fraction of sp³-hybridized carbons (Fsp3) is 0.364. The van der Waals surface area contributed by atoms with Crippen molar-refractivity contribution >= 4 is 28.5 Å². The van der Waals surface area contributed by atoms with Crippen molar-refractivity contribution in [2.75, 3.05) is 17.2 Å². The molecule has 1 aromatic carbocycles. The van der Waals surface area contributed by atoms with Gasteiger partial charge in [0.25, 0.3) is 0 Å². The number of hydrogen-bond donors (Lipinski definition) is 1. The molecule has 0 spiro atoms. The van der Waals surface area contributed by atoms with Gasteiger partial charge in [0, 0.05) is 17.4 Å². The van der Waals surface area contributed by atoms with Crippen LogP contribution >= 0.6 is 11.8 Å². The molecule has 2 N–H and O–H groups in total. The highest BCUT2D eigenvalue weighted by molar-refractivity contribution is 7.99. The van der Waals surface area contributed by atoms with Gasteiger partial charge in [0.1, 0.15) is 5.52 Å². The molecule has 1 aromatic heterocycles. The molecule has 0 aliphatic carbocycles. The van der Waals surface area contributed by atoms with Crippen molar-refractivity contribution in [3.8, 4) is 0 Å². The lowest BCUT2D eigenvalue weighted by atomic mass is 10.1. The molecule has 0 amide bonds. The van der Waals surface area contributed by atoms with Gasteiger partial charge in [-0.05, 0) is 30.4 Å². The van der Waals surface area contributed by atoms with E-state index in [0.29, 0.717) is 5.92 Å². The van der Waals surface area contributed by atoms with Gasteiger partial charge in [-0.3, -0.25) is 0 Å². The molecule has 3 nitrogen and oxygen atoms in total. The molecule has 1 atom stereocenters. The quantitative estimate of drug-likeness (QED) is 0.751. The van der Waals surface area contributed by atoms with Crippen LogP contribution in [0.4, 0.5) is 5.69 Å². The minimum absolute atomic E-state index is 0.489. The van der Waals surface area contributed by atoms with Gasteiger partial charge in [-0.2, -0.15) is 11.8 Å². The van der Waals surface area contributed by atoms with E-state index in [1.54, 1.807) is 0 Å². The summed E-state index contributed by atoms with van der Waals surface area (Å²) in [6.45, 7) is 0. The van der Waals surface area contributed by atoms with E-state index in [-0.39, 0.29) is 0 Å². The Balaban J connectivity index is 2.05. The van der Waals surface area contributed by atoms with Crippen molar-refractivity contribution in [3.63, 3.8) is 0 Å². The standard InChI is InChI=1S/C11H12N2OS/c12-8-1-2-10-9(5-8)13-11(14-10)7-3-4-15-6-7/h1-2,5,7H,3-4,6,12H2. The first-order valence-electron chi connectivity index (χ1n) is 5.06. The second-order valence-corrected chi connectivity index (χ2v) is 4.99. The lowest BCUT2D eigenvalue weighted by molar-refractivity contribution is 0.490. The Hall–Kier alpha value is -1.16. The Morgan fingerprint density at radius 1 is 1.47 bits per heavy atom. The third kappa shape index (κ3) is 1.59. The van der Waals surface area contributed by atoms with E-state index >= 15 is 0 Å². The summed E-state index contributed by atoms with van der Waals surface area (Å²) in [7, 11) is 0. The lowest BCUT2D eigenvalue weighted by Crippen LogP contribution is -1.95. The van der Waals surface area contributed by atoms with Gasteiger partial charge in [0.2, 0.25) is 0 Å². The summed E-state index contributed by atoms with van der Waals surface area (Å²) in [6.07, 6.45) is 1.17. The highest BCUT2D eigenvalue weighted by Gasteiger charge is 2.22. The Morgan fingerprint density at radius 2 is 2.40 bits per heavy atom. The van der Waals surface area contributed by atoms with Gasteiger partial charge in [-0.15, -0.1) is 0 Å². The van der Waals surface area contributed by atoms with E-state index in [1.807, 2.05) is 30.0 Å². The predicted molar refractivity (Wildman–Crippen MR) is 63.1 cm³/mol. The van der Waals surface area contributed by atoms with Crippen LogP contribution in [-0.4, -0.2) is 16.5 Å². The molecule has 78 valence electrons. The maximum absolute atomic E-state index is 5.73. The molecule has 15 heavy (non-hydrogen) atoms. The molecule has 2 heterocycles. The zero-order chi connectivity index (χ0) is 10.3. The Morgan fingerprint density at radius 3 is 3.20 bits per heavy atom. The van der Waals surface area contributed by atoms with Gasteiger partial charge < -0.3 is 10.2 Å². The van der Waals surface area contributed by atoms with E-state index in [2.05, 4.69) is 4.98 Å². The highest BCUT2D eigenvalue weighted by Crippen LogP contribution is 2.33. The predicted octanol–water partition coefficient (Wildman–Crippen LogP) is 2.63. The maximum atomic E-state index is 5.73. The Labute approximate surface area is 92.0 Å². The monoisotopic (exact) mass is 220 g/mol. The van der Waals surface area contributed by atoms with Crippen molar-refractivity contribution < 1.29 is 4.42 Å². The number of oxazole rings is 1. The third-order valence-electron chi connectivity index (χ3n) is 2.71. The Bertz CT molecular complexity index is 488. The largest absolute Gasteiger partial charge is 0.440 e. The number of nitrogens with two attached hydrogens (primary N) is 1. The lowest BCUT2D eigenvalue weighted by Gasteiger charge is -1.99. The zero-order valence-corrected chi connectivity index (χ0v) is 9.09. The van der Waals surface area contributed by atoms with Crippen LogP contribution in [0.5, 0.6) is 0 Å². The number of nitrogens with zero attached hydrogens (tertiary/aromatic N) is 1. The van der Waals surface area contributed by atoms with Gasteiger partial charge >= 0.3 is 0 Å². The molecule has 1 fully saturated rings. The van der Waals surface area contributed by atoms with E-state index < -0.39 is 0 Å². The minimum atomic E-state index is 0.489. The summed E-state index contributed by atoms with van der Waals surface area (Å²) in [6, 6.07) is 5.61. The van der Waals surface area contributed by atoms with Crippen LogP contribution in [0, 0.1) is 0 Å². The molecule has 0 saturated carbocycles. The van der Waals surface area contributed by atoms with E-state index in [9.17, 15) is 0 Å². The number of fused-ring (bicyclic) bond motifs is 1. The average Bonchev–Trinajstić information content (AvgIpc) is 2.84. The molecule has 1 aliphatic rings. The molecule has 1 unspecified atom stereocenters. The smallest absolute Gasteiger partial charge is 0.199 e.